The Kier molecular flexibility index (Phi) is 5.36. The molecule has 0 spiro atoms. The van der Waals surface area contributed by atoms with Crippen LogP contribution < -0.4 is 4.72 Å². The molecule has 1 fully saturated rings. The largest absolute Gasteiger partial charge is 0.385 e. The molecule has 2 rings (SSSR count). The molecule has 1 aromatic carbocycles. The van der Waals surface area contributed by atoms with Crippen molar-refractivity contribution in [3.8, 4) is 6.07 Å². The van der Waals surface area contributed by atoms with E-state index in [2.05, 4.69) is 4.72 Å². The molecule has 0 saturated carbocycles. The average Bonchev–Trinajstić information content (AvgIpc) is 2.72. The van der Waals surface area contributed by atoms with Gasteiger partial charge >= 0.3 is 0 Å². The molecule has 1 unspecified atom stereocenters. The molecule has 3 N–H and O–H groups in total. The van der Waals surface area contributed by atoms with Gasteiger partial charge in [-0.1, -0.05) is 30.3 Å². The number of benzene rings is 1. The highest BCUT2D eigenvalue weighted by Crippen LogP contribution is 2.31. The van der Waals surface area contributed by atoms with E-state index in [-0.39, 0.29) is 13.2 Å². The fourth-order valence-corrected chi connectivity index (χ4v) is 3.30. The molecule has 8 nitrogen and oxygen atoms in total. The summed E-state index contributed by atoms with van der Waals surface area (Å²) >= 11 is 0. The molecule has 23 heavy (non-hydrogen) atoms. The fourth-order valence-electron chi connectivity index (χ4n) is 2.39. The van der Waals surface area contributed by atoms with E-state index in [0.29, 0.717) is 0 Å². The lowest BCUT2D eigenvalue weighted by Gasteiger charge is -2.29. The molecule has 1 heterocycles. The molecule has 0 bridgehead atoms. The van der Waals surface area contributed by atoms with Crippen molar-refractivity contribution in [3.63, 3.8) is 0 Å². The summed E-state index contributed by atoms with van der Waals surface area (Å²) in [5.74, 6) is 0. The van der Waals surface area contributed by atoms with Crippen molar-refractivity contribution in [2.24, 2.45) is 0 Å². The van der Waals surface area contributed by atoms with Gasteiger partial charge in [-0.05, 0) is 5.56 Å². The van der Waals surface area contributed by atoms with E-state index in [1.807, 2.05) is 30.3 Å². The zero-order valence-electron chi connectivity index (χ0n) is 12.4. The van der Waals surface area contributed by atoms with Gasteiger partial charge in [0.2, 0.25) is 10.0 Å². The van der Waals surface area contributed by atoms with Gasteiger partial charge in [-0.15, -0.1) is 0 Å². The van der Waals surface area contributed by atoms with Gasteiger partial charge in [-0.3, -0.25) is 0 Å². The van der Waals surface area contributed by atoms with Crippen molar-refractivity contribution in [2.45, 2.75) is 30.6 Å². The van der Waals surface area contributed by atoms with E-state index in [1.165, 1.54) is 0 Å². The molecule has 1 aliphatic rings. The maximum atomic E-state index is 11.5. The first-order chi connectivity index (χ1) is 10.8. The summed E-state index contributed by atoms with van der Waals surface area (Å²) in [6, 6.07) is 10.9. The number of nitriles is 1. The molecule has 0 radical (unpaired) electrons. The van der Waals surface area contributed by atoms with Gasteiger partial charge in [-0.2, -0.15) is 9.98 Å². The van der Waals surface area contributed by atoms with Gasteiger partial charge in [0.25, 0.3) is 0 Å². The van der Waals surface area contributed by atoms with E-state index >= 15 is 0 Å². The predicted octanol–water partition coefficient (Wildman–Crippen LogP) is -0.907. The second-order valence-electron chi connectivity index (χ2n) is 5.32. The fraction of sp³-hybridized carbons (Fsp3) is 0.500. The minimum Gasteiger partial charge on any atom is -0.385 e. The molecular weight excluding hydrogens is 324 g/mol. The highest BCUT2D eigenvalue weighted by atomic mass is 32.2. The van der Waals surface area contributed by atoms with Crippen LogP contribution in [-0.4, -0.2) is 55.5 Å². The average molecular weight is 342 g/mol. The Labute approximate surface area is 134 Å². The van der Waals surface area contributed by atoms with Crippen molar-refractivity contribution in [3.05, 3.63) is 35.9 Å². The number of ether oxygens (including phenoxy) is 2. The summed E-state index contributed by atoms with van der Waals surface area (Å²) in [6.07, 6.45) is -3.72. The summed E-state index contributed by atoms with van der Waals surface area (Å²) in [7, 11) is -3.82. The van der Waals surface area contributed by atoms with Gasteiger partial charge in [0.15, 0.2) is 11.8 Å². The monoisotopic (exact) mass is 342 g/mol. The summed E-state index contributed by atoms with van der Waals surface area (Å²) in [4.78, 5) is 0. The molecule has 1 aromatic rings. The van der Waals surface area contributed by atoms with Crippen molar-refractivity contribution in [2.75, 3.05) is 12.9 Å². The van der Waals surface area contributed by atoms with Gasteiger partial charge < -0.3 is 19.7 Å². The lowest BCUT2D eigenvalue weighted by atomic mass is 9.91. The summed E-state index contributed by atoms with van der Waals surface area (Å²) in [6.45, 7) is 0.0341. The van der Waals surface area contributed by atoms with Gasteiger partial charge in [0.05, 0.1) is 25.5 Å². The number of hydrogen-bond acceptors (Lipinski definition) is 7. The first kappa shape index (κ1) is 17.8. The molecule has 0 aromatic heterocycles. The Morgan fingerprint density at radius 1 is 1.39 bits per heavy atom. The van der Waals surface area contributed by atoms with Crippen LogP contribution in [0.4, 0.5) is 0 Å². The van der Waals surface area contributed by atoms with Crippen LogP contribution in [0.25, 0.3) is 0 Å². The Morgan fingerprint density at radius 2 is 2.04 bits per heavy atom. The Morgan fingerprint density at radius 3 is 2.61 bits per heavy atom. The zero-order chi connectivity index (χ0) is 17.1. The third-order valence-electron chi connectivity index (χ3n) is 3.47. The third-order valence-corrected chi connectivity index (χ3v) is 4.18. The summed E-state index contributed by atoms with van der Waals surface area (Å²) in [5.41, 5.74) is -1.13. The Hall–Kier alpha value is -1.54. The maximum absolute atomic E-state index is 11.5. The Balaban J connectivity index is 2.10. The van der Waals surface area contributed by atoms with Crippen LogP contribution in [0.3, 0.4) is 0 Å². The van der Waals surface area contributed by atoms with E-state index in [1.54, 1.807) is 6.07 Å². The smallest absolute Gasteiger partial charge is 0.210 e. The number of sulfonamides is 1. The van der Waals surface area contributed by atoms with Crippen molar-refractivity contribution in [1.29, 1.82) is 5.26 Å². The molecule has 1 saturated heterocycles. The van der Waals surface area contributed by atoms with Gasteiger partial charge in [0, 0.05) is 0 Å². The van der Waals surface area contributed by atoms with Crippen LogP contribution in [0.2, 0.25) is 0 Å². The summed E-state index contributed by atoms with van der Waals surface area (Å²) < 4.78 is 35.6. The van der Waals surface area contributed by atoms with Crippen molar-refractivity contribution < 1.29 is 28.1 Å². The number of rotatable bonds is 6. The number of nitrogens with zero attached hydrogens (tertiary/aromatic N) is 1. The lowest BCUT2D eigenvalue weighted by Crippen LogP contribution is -2.60. The lowest BCUT2D eigenvalue weighted by molar-refractivity contribution is -0.137. The van der Waals surface area contributed by atoms with Crippen LogP contribution >= 0.6 is 0 Å². The quantitative estimate of drug-likeness (QED) is 0.610. The highest BCUT2D eigenvalue weighted by molar-refractivity contribution is 7.88. The Bertz CT molecular complexity index is 674. The van der Waals surface area contributed by atoms with Crippen LogP contribution in [0.1, 0.15) is 5.56 Å². The first-order valence-corrected chi connectivity index (χ1v) is 8.71. The molecule has 1 aliphatic heterocycles. The topological polar surface area (TPSA) is 129 Å². The van der Waals surface area contributed by atoms with Crippen molar-refractivity contribution >= 4 is 10.0 Å². The first-order valence-electron chi connectivity index (χ1n) is 6.82. The normalized spacial score (nSPS) is 31.0. The van der Waals surface area contributed by atoms with E-state index in [4.69, 9.17) is 9.47 Å². The minimum absolute atomic E-state index is 0.181. The van der Waals surface area contributed by atoms with E-state index in [9.17, 15) is 23.9 Å². The second-order valence-corrected chi connectivity index (χ2v) is 7.06. The van der Waals surface area contributed by atoms with Crippen LogP contribution in [-0.2, 0) is 26.1 Å². The van der Waals surface area contributed by atoms with Crippen molar-refractivity contribution in [1.82, 2.24) is 4.72 Å². The molecule has 4 atom stereocenters. The van der Waals surface area contributed by atoms with Crippen LogP contribution in [0.15, 0.2) is 30.3 Å². The molecule has 0 aliphatic carbocycles. The van der Waals surface area contributed by atoms with E-state index < -0.39 is 34.1 Å². The maximum Gasteiger partial charge on any atom is 0.210 e. The standard InChI is InChI=1S/C14H18N2O6S/c1-23(19,20)16-14(9-15)11(22-13(18)12(14)17)8-21-7-10-5-3-2-4-6-10/h2-6,11-13,16-18H,7-8H2,1H3/t11-,12+,13?,14-/m1/s1. The molecular formula is C14H18N2O6S. The number of nitrogens with one attached hydrogen (secondary N) is 1. The predicted molar refractivity (Wildman–Crippen MR) is 79.3 cm³/mol. The SMILES string of the molecule is CS(=O)(=O)N[C@]1(C#N)[C@@H](COCc2ccccc2)OC(O)[C@@H]1O. The van der Waals surface area contributed by atoms with Gasteiger partial charge in [0.1, 0.15) is 12.2 Å². The van der Waals surface area contributed by atoms with Gasteiger partial charge in [-0.25, -0.2) is 8.42 Å². The minimum atomic E-state index is -3.82. The van der Waals surface area contributed by atoms with Crippen LogP contribution in [0.5, 0.6) is 0 Å². The molecule has 0 amide bonds. The highest BCUT2D eigenvalue weighted by Gasteiger charge is 2.58. The molecule has 126 valence electrons. The van der Waals surface area contributed by atoms with Crippen LogP contribution in [0, 0.1) is 11.3 Å². The van der Waals surface area contributed by atoms with E-state index in [0.717, 1.165) is 11.8 Å². The molecule has 9 heteroatoms. The third kappa shape index (κ3) is 4.06. The summed E-state index contributed by atoms with van der Waals surface area (Å²) in [5, 5.41) is 29.0. The number of hydrogen-bond donors (Lipinski definition) is 3. The number of aliphatic hydroxyl groups excluding tert-OH is 2. The number of aliphatic hydroxyl groups is 2. The second kappa shape index (κ2) is 6.92. The zero-order valence-corrected chi connectivity index (χ0v) is 13.2.